The summed E-state index contributed by atoms with van der Waals surface area (Å²) in [7, 11) is 0. The van der Waals surface area contributed by atoms with E-state index in [4.69, 9.17) is 11.6 Å². The number of hydrogen-bond acceptors (Lipinski definition) is 5. The van der Waals surface area contributed by atoms with E-state index in [0.717, 1.165) is 34.0 Å². The van der Waals surface area contributed by atoms with Crippen LogP contribution in [0, 0.1) is 0 Å². The van der Waals surface area contributed by atoms with E-state index in [-0.39, 0.29) is 10.8 Å². The summed E-state index contributed by atoms with van der Waals surface area (Å²) in [5.74, 6) is -0.119. The van der Waals surface area contributed by atoms with Gasteiger partial charge in [-0.3, -0.25) is 19.1 Å². The van der Waals surface area contributed by atoms with Crippen molar-refractivity contribution in [3.63, 3.8) is 0 Å². The summed E-state index contributed by atoms with van der Waals surface area (Å²) in [4.78, 5) is 30.8. The molecular weight excluding hydrogens is 426 g/mol. The second-order valence-corrected chi connectivity index (χ2v) is 8.38. The van der Waals surface area contributed by atoms with Gasteiger partial charge in [0.25, 0.3) is 0 Å². The molecule has 0 spiro atoms. The highest BCUT2D eigenvalue weighted by Gasteiger charge is 2.18. The molecule has 2 aromatic heterocycles. The summed E-state index contributed by atoms with van der Waals surface area (Å²) in [6.07, 6.45) is 0. The summed E-state index contributed by atoms with van der Waals surface area (Å²) < 4.78 is 1.69. The molecule has 1 amide bonds. The molecule has 0 aliphatic carbocycles. The number of aromatic nitrogens is 2. The molecule has 146 valence electrons. The van der Waals surface area contributed by atoms with Gasteiger partial charge in [-0.15, -0.1) is 11.3 Å². The van der Waals surface area contributed by atoms with E-state index >= 15 is 0 Å². The predicted molar refractivity (Wildman–Crippen MR) is 120 cm³/mol. The molecule has 5 nitrogen and oxygen atoms in total. The molecule has 0 radical (unpaired) electrons. The van der Waals surface area contributed by atoms with Gasteiger partial charge >= 0.3 is 4.87 Å². The largest absolute Gasteiger partial charge is 0.307 e. The van der Waals surface area contributed by atoms with E-state index in [1.165, 1.54) is 18.3 Å². The number of benzene rings is 2. The third kappa shape index (κ3) is 4.17. The molecule has 0 aliphatic rings. The highest BCUT2D eigenvalue weighted by molar-refractivity contribution is 7.14. The van der Waals surface area contributed by atoms with E-state index in [9.17, 15) is 9.59 Å². The molecule has 8 heteroatoms. The highest BCUT2D eigenvalue weighted by Crippen LogP contribution is 2.29. The van der Waals surface area contributed by atoms with Crippen molar-refractivity contribution in [1.82, 2.24) is 9.55 Å². The van der Waals surface area contributed by atoms with Gasteiger partial charge in [0.1, 0.15) is 0 Å². The van der Waals surface area contributed by atoms with E-state index in [1.54, 1.807) is 21.6 Å². The van der Waals surface area contributed by atoms with Crippen LogP contribution in [-0.4, -0.2) is 15.5 Å². The summed E-state index contributed by atoms with van der Waals surface area (Å²) in [6, 6.07) is 16.8. The Morgan fingerprint density at radius 3 is 2.48 bits per heavy atom. The van der Waals surface area contributed by atoms with E-state index in [1.807, 2.05) is 53.2 Å². The number of carbonyl (C=O) groups is 1. The zero-order valence-electron chi connectivity index (χ0n) is 15.4. The first-order chi connectivity index (χ1) is 14.0. The quantitative estimate of drug-likeness (QED) is 0.415. The van der Waals surface area contributed by atoms with Crippen molar-refractivity contribution in [1.29, 1.82) is 0 Å². The van der Waals surface area contributed by atoms with Crippen LogP contribution >= 0.6 is 34.3 Å². The maximum atomic E-state index is 12.4. The van der Waals surface area contributed by atoms with Crippen molar-refractivity contribution in [2.75, 3.05) is 4.90 Å². The van der Waals surface area contributed by atoms with E-state index in [2.05, 4.69) is 4.98 Å². The van der Waals surface area contributed by atoms with Gasteiger partial charge in [-0.2, -0.15) is 0 Å². The fourth-order valence-corrected chi connectivity index (χ4v) is 4.73. The third-order valence-electron chi connectivity index (χ3n) is 4.30. The van der Waals surface area contributed by atoms with E-state index < -0.39 is 0 Å². The smallest absolute Gasteiger partial charge is 0.293 e. The molecule has 4 rings (SSSR count). The Hall–Kier alpha value is -2.74. The number of rotatable bonds is 5. The summed E-state index contributed by atoms with van der Waals surface area (Å²) in [5, 5.41) is 4.94. The molecule has 0 unspecified atom stereocenters. The predicted octanol–water partition coefficient (Wildman–Crippen LogP) is 5.42. The average molecular weight is 442 g/mol. The number of amides is 1. The lowest BCUT2D eigenvalue weighted by molar-refractivity contribution is -0.115. The Labute approximate surface area is 180 Å². The lowest BCUT2D eigenvalue weighted by atomic mass is 10.2. The Morgan fingerprint density at radius 1 is 1.07 bits per heavy atom. The van der Waals surface area contributed by atoms with Crippen LogP contribution in [0.1, 0.15) is 12.6 Å². The lowest BCUT2D eigenvalue weighted by Gasteiger charge is -2.17. The molecule has 0 fully saturated rings. The highest BCUT2D eigenvalue weighted by atomic mass is 35.5. The molecule has 2 aromatic carbocycles. The van der Waals surface area contributed by atoms with Crippen LogP contribution in [0.15, 0.2) is 70.2 Å². The lowest BCUT2D eigenvalue weighted by Crippen LogP contribution is -2.22. The standard InChI is InChI=1S/C21H16ClN3O2S2/c1-14(26)25(18-5-3-2-4-6-18)20-23-17(12-28-20)11-24-19(13-29-21(24)27)15-7-9-16(22)10-8-15/h2-10,12-13H,11H2,1H3. The van der Waals surface area contributed by atoms with Gasteiger partial charge in [-0.05, 0) is 29.8 Å². The van der Waals surface area contributed by atoms with Crippen LogP contribution < -0.4 is 9.77 Å². The topological polar surface area (TPSA) is 55.2 Å². The number of para-hydroxylation sites is 1. The molecule has 29 heavy (non-hydrogen) atoms. The Kier molecular flexibility index (Phi) is 5.62. The Bertz CT molecular complexity index is 1200. The SMILES string of the molecule is CC(=O)N(c1ccccc1)c1nc(Cn2c(-c3ccc(Cl)cc3)csc2=O)cs1. The minimum Gasteiger partial charge on any atom is -0.293 e. The molecule has 0 atom stereocenters. The van der Waals surface area contributed by atoms with Crippen molar-refractivity contribution in [3.05, 3.63) is 85.7 Å². The summed E-state index contributed by atoms with van der Waals surface area (Å²) in [6.45, 7) is 1.84. The van der Waals surface area contributed by atoms with Gasteiger partial charge in [-0.1, -0.05) is 53.3 Å². The maximum absolute atomic E-state index is 12.4. The first-order valence-corrected chi connectivity index (χ1v) is 10.9. The zero-order valence-corrected chi connectivity index (χ0v) is 17.8. The van der Waals surface area contributed by atoms with Crippen LogP contribution in [0.25, 0.3) is 11.3 Å². The molecular formula is C21H16ClN3O2S2. The molecule has 0 aliphatic heterocycles. The molecule has 4 aromatic rings. The normalized spacial score (nSPS) is 10.8. The van der Waals surface area contributed by atoms with Crippen LogP contribution in [0.5, 0.6) is 0 Å². The second kappa shape index (κ2) is 8.32. The van der Waals surface area contributed by atoms with Crippen molar-refractivity contribution in [2.24, 2.45) is 0 Å². The summed E-state index contributed by atoms with van der Waals surface area (Å²) >= 11 is 8.50. The van der Waals surface area contributed by atoms with Crippen LogP contribution in [0.2, 0.25) is 5.02 Å². The second-order valence-electron chi connectivity index (χ2n) is 6.29. The van der Waals surface area contributed by atoms with Gasteiger partial charge in [0.15, 0.2) is 5.13 Å². The first kappa shape index (κ1) is 19.6. The molecule has 0 saturated carbocycles. The molecule has 0 N–H and O–H groups in total. The number of nitrogens with zero attached hydrogens (tertiary/aromatic N) is 3. The molecule has 2 heterocycles. The van der Waals surface area contributed by atoms with Crippen LogP contribution in [-0.2, 0) is 11.3 Å². The van der Waals surface area contributed by atoms with Crippen LogP contribution in [0.3, 0.4) is 0 Å². The van der Waals surface area contributed by atoms with Gasteiger partial charge < -0.3 is 0 Å². The van der Waals surface area contributed by atoms with E-state index in [0.29, 0.717) is 16.7 Å². The fraction of sp³-hybridized carbons (Fsp3) is 0.0952. The minimum absolute atomic E-state index is 0.0593. The van der Waals surface area contributed by atoms with Gasteiger partial charge in [0.05, 0.1) is 23.6 Å². The zero-order chi connectivity index (χ0) is 20.4. The van der Waals surface area contributed by atoms with Crippen molar-refractivity contribution in [3.8, 4) is 11.3 Å². The monoisotopic (exact) mass is 441 g/mol. The van der Waals surface area contributed by atoms with Crippen molar-refractivity contribution < 1.29 is 4.79 Å². The Balaban J connectivity index is 1.65. The molecule has 0 saturated heterocycles. The van der Waals surface area contributed by atoms with Gasteiger partial charge in [0.2, 0.25) is 5.91 Å². The number of anilines is 2. The summed E-state index contributed by atoms with van der Waals surface area (Å²) in [5.41, 5.74) is 3.22. The first-order valence-electron chi connectivity index (χ1n) is 8.77. The van der Waals surface area contributed by atoms with Crippen molar-refractivity contribution >= 4 is 51.0 Å². The maximum Gasteiger partial charge on any atom is 0.307 e. The fourth-order valence-electron chi connectivity index (χ4n) is 2.96. The van der Waals surface area contributed by atoms with Gasteiger partial charge in [-0.25, -0.2) is 4.98 Å². The third-order valence-corrected chi connectivity index (χ3v) is 6.19. The average Bonchev–Trinajstić information content (AvgIpc) is 3.31. The number of thiazole rings is 2. The van der Waals surface area contributed by atoms with Crippen molar-refractivity contribution in [2.45, 2.75) is 13.5 Å². The number of halogens is 1. The van der Waals surface area contributed by atoms with Crippen LogP contribution in [0.4, 0.5) is 10.8 Å². The van der Waals surface area contributed by atoms with Gasteiger partial charge in [0, 0.05) is 22.7 Å². The minimum atomic E-state index is -0.119. The molecule has 0 bridgehead atoms. The Morgan fingerprint density at radius 2 is 1.79 bits per heavy atom. The number of hydrogen-bond donors (Lipinski definition) is 0. The number of carbonyl (C=O) groups excluding carboxylic acids is 1.